The van der Waals surface area contributed by atoms with Crippen LogP contribution in [0.1, 0.15) is 85.5 Å². The Morgan fingerprint density at radius 3 is 2.09 bits per heavy atom. The van der Waals surface area contributed by atoms with Crippen LogP contribution in [-0.4, -0.2) is 84.1 Å². The Hall–Kier alpha value is -0.110. The largest absolute Gasteiger partial charge is 0.458 e. The second-order valence-electron chi connectivity index (χ2n) is 17.0. The van der Waals surface area contributed by atoms with Crippen molar-refractivity contribution in [1.29, 1.82) is 0 Å². The lowest BCUT2D eigenvalue weighted by Gasteiger charge is -2.66. The average Bonchev–Trinajstić information content (AvgIpc) is 3.09. The van der Waals surface area contributed by atoms with Gasteiger partial charge < -0.3 is 33.9 Å². The second kappa shape index (κ2) is 16.7. The van der Waals surface area contributed by atoms with Crippen molar-refractivity contribution in [3.8, 4) is 0 Å². The molecule has 1 saturated heterocycles. The first-order chi connectivity index (χ1) is 25.4. The quantitative estimate of drug-likeness (QED) is 0.0967. The number of ether oxygens (including phenoxy) is 4. The van der Waals surface area contributed by atoms with Gasteiger partial charge in [-0.15, -0.1) is 35.7 Å². The molecule has 2 N–H and O–H groups in total. The van der Waals surface area contributed by atoms with Crippen molar-refractivity contribution in [3.05, 3.63) is 47.0 Å². The third kappa shape index (κ3) is 7.97. The molecule has 1 aromatic rings. The van der Waals surface area contributed by atoms with Gasteiger partial charge >= 0.3 is 17.9 Å². The predicted molar refractivity (Wildman–Crippen MR) is 233 cm³/mol. The Kier molecular flexibility index (Phi) is 14.0. The van der Waals surface area contributed by atoms with Crippen molar-refractivity contribution in [2.75, 3.05) is 13.7 Å². The number of ketones is 1. The fourth-order valence-corrected chi connectivity index (χ4v) is 42.1. The fraction of sp³-hybridized carbons (Fsp3) is 0.676. The number of hydrogen-bond acceptors (Lipinski definition) is 11. The number of nitrogens with one attached hydrogen (secondary N) is 1. The van der Waals surface area contributed by atoms with Crippen LogP contribution in [0.3, 0.4) is 0 Å². The van der Waals surface area contributed by atoms with Gasteiger partial charge in [0.2, 0.25) is 0 Å². The molecular formula is C37H58NO10P7. The van der Waals surface area contributed by atoms with E-state index in [1.54, 1.807) is 51.2 Å². The Morgan fingerprint density at radius 1 is 0.982 bits per heavy atom. The Bertz CT molecular complexity index is 1700. The molecular weight excluding hydrogens is 835 g/mol. The minimum Gasteiger partial charge on any atom is -0.458 e. The number of fused-ring (bicyclic) bond motifs is 5. The molecule has 11 nitrogen and oxygen atoms in total. The molecule has 2 saturated carbocycles. The highest BCUT2D eigenvalue weighted by atomic mass is 33.0. The van der Waals surface area contributed by atoms with Crippen LogP contribution in [0.25, 0.3) is 0 Å². The van der Waals surface area contributed by atoms with Gasteiger partial charge in [-0.25, -0.2) is 4.79 Å². The summed E-state index contributed by atoms with van der Waals surface area (Å²) in [6.45, 7) is 14.7. The summed E-state index contributed by atoms with van der Waals surface area (Å²) in [4.78, 5) is 57.1. The lowest BCUT2D eigenvalue weighted by molar-refractivity contribution is -0.333. The summed E-state index contributed by atoms with van der Waals surface area (Å²) in [6, 6.07) is 8.61. The molecule has 4 aliphatic rings. The van der Waals surface area contributed by atoms with Crippen LogP contribution in [0.15, 0.2) is 41.5 Å². The molecule has 5 rings (SSSR count). The summed E-state index contributed by atoms with van der Waals surface area (Å²) >= 11 is 0. The van der Waals surface area contributed by atoms with Crippen LogP contribution in [0, 0.1) is 28.1 Å². The SMILES string of the molecule is CNC(C)(C)C(C)(C)C(=O)O[C@H]1CC2C(OC(=O)c3ccccc3)C3[C@](C)(C(=O)[C@H](O)C(=C1C)C2(C)C)[C@@H](OP(P(P)P)P(P)P)C[C@H]1OC[C@@]31OC(C)=O. The lowest BCUT2D eigenvalue weighted by atomic mass is 9.46. The number of carbonyl (C=O) groups is 4. The van der Waals surface area contributed by atoms with E-state index >= 15 is 4.79 Å². The molecule has 0 radical (unpaired) electrons. The van der Waals surface area contributed by atoms with Crippen molar-refractivity contribution < 1.29 is 47.8 Å². The molecule has 1 heterocycles. The zero-order chi connectivity index (χ0) is 41.2. The smallest absolute Gasteiger partial charge is 0.338 e. The average molecular weight is 894 g/mol. The van der Waals surface area contributed by atoms with E-state index in [0.29, 0.717) is 16.7 Å². The summed E-state index contributed by atoms with van der Waals surface area (Å²) in [6.07, 6.45) is -4.65. The molecule has 0 spiro atoms. The molecule has 55 heavy (non-hydrogen) atoms. The van der Waals surface area contributed by atoms with E-state index in [1.165, 1.54) is 6.92 Å². The maximum Gasteiger partial charge on any atom is 0.338 e. The first kappa shape index (κ1) is 46.0. The summed E-state index contributed by atoms with van der Waals surface area (Å²) in [5.74, 6) is -3.85. The van der Waals surface area contributed by atoms with Gasteiger partial charge in [0.05, 0.1) is 42.5 Å². The van der Waals surface area contributed by atoms with E-state index in [2.05, 4.69) is 41.0 Å². The molecule has 3 fully saturated rings. The predicted octanol–water partition coefficient (Wildman–Crippen LogP) is 7.92. The van der Waals surface area contributed by atoms with E-state index in [0.717, 1.165) is 0 Å². The normalized spacial score (nSPS) is 33.3. The minimum absolute atomic E-state index is 0.0394. The summed E-state index contributed by atoms with van der Waals surface area (Å²) < 4.78 is 32.7. The molecule has 1 aromatic carbocycles. The first-order valence-corrected chi connectivity index (χ1v) is 30.2. The van der Waals surface area contributed by atoms with E-state index < -0.39 is 115 Å². The topological polar surface area (TPSA) is 147 Å². The van der Waals surface area contributed by atoms with Gasteiger partial charge in [0.15, 0.2) is 11.4 Å². The Morgan fingerprint density at radius 2 is 1.58 bits per heavy atom. The van der Waals surface area contributed by atoms with Crippen molar-refractivity contribution in [1.82, 2.24) is 5.32 Å². The van der Waals surface area contributed by atoms with E-state index in [4.69, 9.17) is 23.5 Å². The highest BCUT2D eigenvalue weighted by Gasteiger charge is 2.76. The molecule has 2 bridgehead atoms. The summed E-state index contributed by atoms with van der Waals surface area (Å²) in [5, 5.41) is 15.8. The van der Waals surface area contributed by atoms with Crippen molar-refractivity contribution in [3.63, 3.8) is 0 Å². The molecule has 306 valence electrons. The van der Waals surface area contributed by atoms with Crippen LogP contribution < -0.4 is 5.32 Å². The standard InChI is InChI=1S/C37H58NO10P7/c1-19-23(45-32(43)34(5,6)35(7,8)38-10)16-22-28(46-31(42)21-14-12-11-13-15-21)29-36(9,30(41)27(40)26(19)33(22,3)4)24(48-53(54(49)50)55(51)52)17-25-37(29,18-44-25)47-20(2)39/h11-15,22-25,27-29,38,40H,16-18,49-52H2,1-10H3/t22?,23-,24-,25+,27+,28?,29?,36+,37-/m0/s1. The monoisotopic (exact) mass is 893 g/mol. The molecule has 0 amide bonds. The number of esters is 3. The lowest BCUT2D eigenvalue weighted by Crippen LogP contribution is -2.79. The van der Waals surface area contributed by atoms with Crippen LogP contribution in [-0.2, 0) is 37.9 Å². The number of hydrogen-bond donors (Lipinski definition) is 2. The molecule has 1 aliphatic heterocycles. The van der Waals surface area contributed by atoms with Gasteiger partial charge in [-0.2, -0.15) is 0 Å². The number of Topliss-reactive ketones (excluding diaryl/α,β-unsaturated/α-hetero) is 1. The second-order valence-corrected chi connectivity index (χ2v) is 40.6. The first-order valence-electron chi connectivity index (χ1n) is 18.4. The minimum atomic E-state index is -1.63. The number of aliphatic hydroxyl groups excluding tert-OH is 1. The van der Waals surface area contributed by atoms with E-state index in [1.807, 2.05) is 41.5 Å². The molecule has 3 aliphatic carbocycles. The molecule has 18 heteroatoms. The van der Waals surface area contributed by atoms with Crippen LogP contribution in [0.2, 0.25) is 0 Å². The van der Waals surface area contributed by atoms with Gasteiger partial charge in [0, 0.05) is 24.8 Å². The molecule has 0 aromatic heterocycles. The zero-order valence-corrected chi connectivity index (χ0v) is 40.6. The van der Waals surface area contributed by atoms with Crippen molar-refractivity contribution in [2.45, 2.75) is 117 Å². The number of aliphatic hydroxyl groups is 1. The van der Waals surface area contributed by atoms with Gasteiger partial charge in [-0.3, -0.25) is 14.4 Å². The Labute approximate surface area is 338 Å². The van der Waals surface area contributed by atoms with Gasteiger partial charge in [-0.1, -0.05) is 32.0 Å². The van der Waals surface area contributed by atoms with Crippen molar-refractivity contribution >= 4 is 80.9 Å². The number of rotatable bonds is 11. The molecule has 13 atom stereocenters. The number of carbonyl (C=O) groups excluding carboxylic acids is 4. The fourth-order valence-electron chi connectivity index (χ4n) is 9.17. The van der Waals surface area contributed by atoms with E-state index in [-0.39, 0.29) is 19.4 Å². The van der Waals surface area contributed by atoms with Crippen LogP contribution in [0.4, 0.5) is 0 Å². The summed E-state index contributed by atoms with van der Waals surface area (Å²) in [7, 11) is 12.1. The van der Waals surface area contributed by atoms with Crippen LogP contribution >= 0.6 is 57.2 Å². The number of benzene rings is 1. The van der Waals surface area contributed by atoms with E-state index in [9.17, 15) is 19.5 Å². The third-order valence-corrected chi connectivity index (χ3v) is 35.7. The molecule has 7 unspecified atom stereocenters. The van der Waals surface area contributed by atoms with Gasteiger partial charge in [0.25, 0.3) is 0 Å². The van der Waals surface area contributed by atoms with Gasteiger partial charge in [-0.05, 0) is 97.7 Å². The maximum atomic E-state index is 15.6. The third-order valence-electron chi connectivity index (χ3n) is 13.2. The van der Waals surface area contributed by atoms with Crippen LogP contribution in [0.5, 0.6) is 0 Å². The zero-order valence-electron chi connectivity index (χ0n) is 33.3. The summed E-state index contributed by atoms with van der Waals surface area (Å²) in [5.41, 5.74) is -4.23. The van der Waals surface area contributed by atoms with Gasteiger partial charge in [0.1, 0.15) is 24.4 Å². The highest BCUT2D eigenvalue weighted by molar-refractivity contribution is 8.96. The Balaban J connectivity index is 1.79. The maximum absolute atomic E-state index is 15.6. The van der Waals surface area contributed by atoms with Crippen molar-refractivity contribution in [2.24, 2.45) is 28.1 Å². The highest BCUT2D eigenvalue weighted by Crippen LogP contribution is 2.98.